The number of ether oxygens (including phenoxy) is 1. The molecule has 4 rings (SSSR count). The van der Waals surface area contributed by atoms with Gasteiger partial charge in [0.2, 0.25) is 5.91 Å². The lowest BCUT2D eigenvalue weighted by atomic mass is 9.98. The second-order valence-corrected chi connectivity index (χ2v) is 7.42. The quantitative estimate of drug-likeness (QED) is 0.758. The van der Waals surface area contributed by atoms with Gasteiger partial charge in [0.25, 0.3) is 5.91 Å². The first-order valence-corrected chi connectivity index (χ1v) is 9.92. The highest BCUT2D eigenvalue weighted by Crippen LogP contribution is 2.30. The highest BCUT2D eigenvalue weighted by atomic mass is 19.1. The lowest BCUT2D eigenvalue weighted by Crippen LogP contribution is -2.35. The average Bonchev–Trinajstić information content (AvgIpc) is 3.42. The molecule has 3 amide bonds. The van der Waals surface area contributed by atoms with E-state index in [9.17, 15) is 18.8 Å². The van der Waals surface area contributed by atoms with Crippen molar-refractivity contribution in [2.45, 2.75) is 19.4 Å². The molecule has 1 aromatic carbocycles. The van der Waals surface area contributed by atoms with Crippen molar-refractivity contribution < 1.29 is 23.5 Å². The number of anilines is 1. The molecule has 162 valence electrons. The molecule has 0 unspecified atom stereocenters. The highest BCUT2D eigenvalue weighted by molar-refractivity contribution is 5.93. The van der Waals surface area contributed by atoms with E-state index >= 15 is 0 Å². The van der Waals surface area contributed by atoms with Crippen molar-refractivity contribution in [1.29, 1.82) is 0 Å². The van der Waals surface area contributed by atoms with Gasteiger partial charge in [0.05, 0.1) is 18.8 Å². The summed E-state index contributed by atoms with van der Waals surface area (Å²) in [5.74, 6) is -0.810. The Balaban J connectivity index is 1.43. The standard InChI is InChI=1S/C21H22FN5O4/c1-13(28)23-11-16-12-27(21(30)31-16)15-2-3-17(18(22)10-15)14-5-8-26(9-6-14)20(29)19-4-7-24-25-19/h2-5,7,10,16H,6,8-9,11-12H2,1H3,(H,23,28)(H,24,25)/t16-/m0/s1. The summed E-state index contributed by atoms with van der Waals surface area (Å²) in [4.78, 5) is 38.6. The molecule has 9 nitrogen and oxygen atoms in total. The number of carbonyl (C=O) groups is 3. The normalized spacial score (nSPS) is 18.6. The number of cyclic esters (lactones) is 1. The SMILES string of the molecule is CC(=O)NC[C@H]1CN(c2ccc(C3=CCN(C(=O)c4ccn[nH]4)CC3)c(F)c2)C(=O)O1. The molecule has 31 heavy (non-hydrogen) atoms. The fourth-order valence-corrected chi connectivity index (χ4v) is 3.67. The van der Waals surface area contributed by atoms with Gasteiger partial charge in [-0.3, -0.25) is 19.6 Å². The number of hydrogen-bond acceptors (Lipinski definition) is 5. The molecule has 0 radical (unpaired) electrons. The number of aromatic nitrogens is 2. The molecular formula is C21H22FN5O4. The monoisotopic (exact) mass is 427 g/mol. The Kier molecular flexibility index (Phi) is 5.70. The van der Waals surface area contributed by atoms with E-state index in [2.05, 4.69) is 15.5 Å². The molecule has 0 aliphatic carbocycles. The van der Waals surface area contributed by atoms with E-state index in [0.29, 0.717) is 36.5 Å². The van der Waals surface area contributed by atoms with Crippen molar-refractivity contribution in [1.82, 2.24) is 20.4 Å². The summed E-state index contributed by atoms with van der Waals surface area (Å²) >= 11 is 0. The highest BCUT2D eigenvalue weighted by Gasteiger charge is 2.33. The summed E-state index contributed by atoms with van der Waals surface area (Å²) in [7, 11) is 0. The summed E-state index contributed by atoms with van der Waals surface area (Å²) in [5.41, 5.74) is 2.07. The number of amides is 3. The van der Waals surface area contributed by atoms with Gasteiger partial charge < -0.3 is 15.0 Å². The molecule has 0 saturated carbocycles. The van der Waals surface area contributed by atoms with Gasteiger partial charge in [0, 0.05) is 31.8 Å². The molecule has 1 atom stereocenters. The minimum atomic E-state index is -0.577. The van der Waals surface area contributed by atoms with Gasteiger partial charge in [-0.15, -0.1) is 0 Å². The first-order chi connectivity index (χ1) is 14.9. The maximum absolute atomic E-state index is 14.9. The summed E-state index contributed by atoms with van der Waals surface area (Å²) in [6.07, 6.45) is 2.81. The Morgan fingerprint density at radius 1 is 1.35 bits per heavy atom. The van der Waals surface area contributed by atoms with E-state index in [4.69, 9.17) is 4.74 Å². The molecule has 0 bridgehead atoms. The number of benzene rings is 1. The smallest absolute Gasteiger partial charge is 0.414 e. The third-order valence-electron chi connectivity index (χ3n) is 5.29. The van der Waals surface area contributed by atoms with Crippen molar-refractivity contribution >= 4 is 29.2 Å². The van der Waals surface area contributed by atoms with Crippen LogP contribution in [0.3, 0.4) is 0 Å². The molecule has 2 N–H and O–H groups in total. The minimum Gasteiger partial charge on any atom is -0.442 e. The van der Waals surface area contributed by atoms with Crippen LogP contribution < -0.4 is 10.2 Å². The summed E-state index contributed by atoms with van der Waals surface area (Å²) in [6, 6.07) is 6.23. The Bertz CT molecular complexity index is 1040. The molecule has 1 aromatic heterocycles. The van der Waals surface area contributed by atoms with Gasteiger partial charge >= 0.3 is 6.09 Å². The van der Waals surface area contributed by atoms with Crippen LogP contribution in [0.15, 0.2) is 36.5 Å². The Morgan fingerprint density at radius 3 is 2.84 bits per heavy atom. The van der Waals surface area contributed by atoms with Crippen LogP contribution >= 0.6 is 0 Å². The average molecular weight is 427 g/mol. The van der Waals surface area contributed by atoms with Crippen LogP contribution in [0.2, 0.25) is 0 Å². The number of halogens is 1. The van der Waals surface area contributed by atoms with Gasteiger partial charge in [-0.05, 0) is 36.3 Å². The van der Waals surface area contributed by atoms with E-state index in [1.54, 1.807) is 23.1 Å². The molecule has 0 spiro atoms. The number of nitrogens with one attached hydrogen (secondary N) is 2. The summed E-state index contributed by atoms with van der Waals surface area (Å²) < 4.78 is 20.1. The van der Waals surface area contributed by atoms with Gasteiger partial charge in [0.15, 0.2) is 0 Å². The van der Waals surface area contributed by atoms with E-state index < -0.39 is 18.0 Å². The van der Waals surface area contributed by atoms with Crippen LogP contribution in [-0.4, -0.2) is 65.3 Å². The zero-order valence-electron chi connectivity index (χ0n) is 16.9. The van der Waals surface area contributed by atoms with Crippen molar-refractivity contribution in [3.05, 3.63) is 53.6 Å². The maximum Gasteiger partial charge on any atom is 0.414 e. The van der Waals surface area contributed by atoms with Crippen LogP contribution in [0, 0.1) is 5.82 Å². The lowest BCUT2D eigenvalue weighted by Gasteiger charge is -2.26. The first-order valence-electron chi connectivity index (χ1n) is 9.92. The second-order valence-electron chi connectivity index (χ2n) is 7.42. The van der Waals surface area contributed by atoms with Crippen LogP contribution in [0.1, 0.15) is 29.4 Å². The fourth-order valence-electron chi connectivity index (χ4n) is 3.67. The van der Waals surface area contributed by atoms with Crippen LogP contribution in [0.25, 0.3) is 5.57 Å². The minimum absolute atomic E-state index is 0.148. The van der Waals surface area contributed by atoms with Crippen LogP contribution in [0.4, 0.5) is 14.9 Å². The van der Waals surface area contributed by atoms with Crippen molar-refractivity contribution in [3.63, 3.8) is 0 Å². The predicted octanol–water partition coefficient (Wildman–Crippen LogP) is 1.94. The van der Waals surface area contributed by atoms with Crippen LogP contribution in [-0.2, 0) is 9.53 Å². The largest absolute Gasteiger partial charge is 0.442 e. The van der Waals surface area contributed by atoms with Crippen LogP contribution in [0.5, 0.6) is 0 Å². The maximum atomic E-state index is 14.9. The topological polar surface area (TPSA) is 108 Å². The number of carbonyl (C=O) groups excluding carboxylic acids is 3. The zero-order valence-corrected chi connectivity index (χ0v) is 16.9. The molecule has 2 aliphatic heterocycles. The zero-order chi connectivity index (χ0) is 22.0. The summed E-state index contributed by atoms with van der Waals surface area (Å²) in [5, 5.41) is 9.05. The number of rotatable bonds is 5. The van der Waals surface area contributed by atoms with E-state index in [1.165, 1.54) is 24.1 Å². The Labute approximate surface area is 177 Å². The molecular weight excluding hydrogens is 405 g/mol. The number of nitrogens with zero attached hydrogens (tertiary/aromatic N) is 3. The summed E-state index contributed by atoms with van der Waals surface area (Å²) in [6.45, 7) is 2.66. The lowest BCUT2D eigenvalue weighted by molar-refractivity contribution is -0.119. The van der Waals surface area contributed by atoms with Gasteiger partial charge in [-0.1, -0.05) is 6.08 Å². The van der Waals surface area contributed by atoms with E-state index in [-0.39, 0.29) is 24.9 Å². The van der Waals surface area contributed by atoms with Gasteiger partial charge in [-0.25, -0.2) is 9.18 Å². The third-order valence-corrected chi connectivity index (χ3v) is 5.29. The van der Waals surface area contributed by atoms with Gasteiger partial charge in [-0.2, -0.15) is 5.10 Å². The molecule has 2 aromatic rings. The number of hydrogen-bond donors (Lipinski definition) is 2. The predicted molar refractivity (Wildman–Crippen MR) is 110 cm³/mol. The van der Waals surface area contributed by atoms with Crippen molar-refractivity contribution in [3.8, 4) is 0 Å². The Morgan fingerprint density at radius 2 is 2.19 bits per heavy atom. The number of H-pyrrole nitrogens is 1. The second kappa shape index (κ2) is 8.58. The van der Waals surface area contributed by atoms with E-state index in [1.807, 2.05) is 6.08 Å². The molecule has 10 heteroatoms. The van der Waals surface area contributed by atoms with Gasteiger partial charge in [0.1, 0.15) is 17.6 Å². The molecule has 3 heterocycles. The Hall–Kier alpha value is -3.69. The fraction of sp³-hybridized carbons (Fsp3) is 0.333. The molecule has 2 aliphatic rings. The molecule has 1 fully saturated rings. The van der Waals surface area contributed by atoms with E-state index in [0.717, 1.165) is 5.57 Å². The van der Waals surface area contributed by atoms with Crippen molar-refractivity contribution in [2.24, 2.45) is 0 Å². The van der Waals surface area contributed by atoms with Crippen molar-refractivity contribution in [2.75, 3.05) is 31.1 Å². The molecule has 1 saturated heterocycles. The first kappa shape index (κ1) is 20.6. The number of aromatic amines is 1. The third kappa shape index (κ3) is 4.42.